The maximum atomic E-state index is 12.9. The molecule has 0 unspecified atom stereocenters. The maximum Gasteiger partial charge on any atom is 0.417 e. The molecule has 1 heterocycles. The molecule has 22 heavy (non-hydrogen) atoms. The van der Waals surface area contributed by atoms with E-state index in [1.807, 2.05) is 0 Å². The molecule has 4 nitrogen and oxygen atoms in total. The fourth-order valence-electron chi connectivity index (χ4n) is 1.87. The van der Waals surface area contributed by atoms with Crippen molar-refractivity contribution in [2.45, 2.75) is 20.0 Å². The number of alkyl halides is 3. The van der Waals surface area contributed by atoms with Crippen LogP contribution in [0, 0.1) is 6.92 Å². The molecule has 0 bridgehead atoms. The molecule has 0 aliphatic rings. The fourth-order valence-corrected chi connectivity index (χ4v) is 2.73. The number of aryl methyl sites for hydroxylation is 1. The summed E-state index contributed by atoms with van der Waals surface area (Å²) in [5.74, 6) is -1.14. The van der Waals surface area contributed by atoms with Crippen molar-refractivity contribution in [1.82, 2.24) is 4.98 Å². The van der Waals surface area contributed by atoms with E-state index in [0.717, 1.165) is 23.5 Å². The summed E-state index contributed by atoms with van der Waals surface area (Å²) in [6.07, 6.45) is -4.63. The second-order valence-corrected chi connectivity index (χ2v) is 5.49. The fraction of sp³-hybridized carbons (Fsp3) is 0.214. The second-order valence-electron chi connectivity index (χ2n) is 4.49. The van der Waals surface area contributed by atoms with Crippen LogP contribution in [0.2, 0.25) is 0 Å². The number of benzene rings is 1. The van der Waals surface area contributed by atoms with E-state index in [1.165, 1.54) is 19.1 Å². The molecule has 0 saturated heterocycles. The molecule has 1 amide bonds. The molecular formula is C14H11F3N2O2S. The Balaban J connectivity index is 2.31. The van der Waals surface area contributed by atoms with E-state index >= 15 is 0 Å². The predicted octanol–water partition coefficient (Wildman–Crippen LogP) is 3.93. The lowest BCUT2D eigenvalue weighted by molar-refractivity contribution is -0.137. The Bertz CT molecular complexity index is 738. The summed E-state index contributed by atoms with van der Waals surface area (Å²) >= 11 is 0.930. The minimum absolute atomic E-state index is 0.0877. The Hall–Kier alpha value is -2.22. The van der Waals surface area contributed by atoms with Gasteiger partial charge in [-0.15, -0.1) is 0 Å². The molecule has 2 aromatic rings. The Morgan fingerprint density at radius 3 is 2.41 bits per heavy atom. The summed E-state index contributed by atoms with van der Waals surface area (Å²) in [6.45, 7) is 2.94. The molecule has 0 fully saturated rings. The van der Waals surface area contributed by atoms with Crippen LogP contribution in [0.1, 0.15) is 38.2 Å². The summed E-state index contributed by atoms with van der Waals surface area (Å²) in [5, 5.41) is 2.39. The molecule has 0 spiro atoms. The van der Waals surface area contributed by atoms with Gasteiger partial charge in [0.25, 0.3) is 5.91 Å². The van der Waals surface area contributed by atoms with Crippen LogP contribution in [-0.4, -0.2) is 16.7 Å². The number of nitrogens with zero attached hydrogens (tertiary/aromatic N) is 1. The van der Waals surface area contributed by atoms with Crippen LogP contribution in [0.4, 0.5) is 18.3 Å². The highest BCUT2D eigenvalue weighted by molar-refractivity contribution is 7.17. The zero-order valence-corrected chi connectivity index (χ0v) is 12.4. The SMILES string of the molecule is CC(=O)c1sc(NC(=O)c2ccccc2C(F)(F)F)nc1C. The predicted molar refractivity (Wildman–Crippen MR) is 76.3 cm³/mol. The Kier molecular flexibility index (Phi) is 4.32. The number of rotatable bonds is 3. The largest absolute Gasteiger partial charge is 0.417 e. The molecule has 1 aromatic heterocycles. The minimum atomic E-state index is -4.63. The zero-order valence-electron chi connectivity index (χ0n) is 11.6. The van der Waals surface area contributed by atoms with Gasteiger partial charge >= 0.3 is 6.18 Å². The second kappa shape index (κ2) is 5.88. The van der Waals surface area contributed by atoms with Crippen LogP contribution in [0.5, 0.6) is 0 Å². The van der Waals surface area contributed by atoms with E-state index in [0.29, 0.717) is 10.6 Å². The Morgan fingerprint density at radius 1 is 1.23 bits per heavy atom. The number of nitrogens with one attached hydrogen (secondary N) is 1. The average Bonchev–Trinajstić information content (AvgIpc) is 2.78. The number of aromatic nitrogens is 1. The highest BCUT2D eigenvalue weighted by Crippen LogP contribution is 2.32. The van der Waals surface area contributed by atoms with Crippen molar-refractivity contribution in [1.29, 1.82) is 0 Å². The van der Waals surface area contributed by atoms with E-state index in [2.05, 4.69) is 10.3 Å². The molecule has 8 heteroatoms. The minimum Gasteiger partial charge on any atom is -0.298 e. The van der Waals surface area contributed by atoms with Gasteiger partial charge in [-0.2, -0.15) is 13.2 Å². The monoisotopic (exact) mass is 328 g/mol. The molecule has 0 radical (unpaired) electrons. The van der Waals surface area contributed by atoms with Crippen LogP contribution < -0.4 is 5.32 Å². The first-order chi connectivity index (χ1) is 10.2. The van der Waals surface area contributed by atoms with Gasteiger partial charge in [0.05, 0.1) is 21.7 Å². The van der Waals surface area contributed by atoms with Crippen molar-refractivity contribution in [3.63, 3.8) is 0 Å². The van der Waals surface area contributed by atoms with Gasteiger partial charge in [-0.05, 0) is 19.1 Å². The number of carbonyl (C=O) groups excluding carboxylic acids is 2. The normalized spacial score (nSPS) is 11.3. The molecule has 0 aliphatic carbocycles. The van der Waals surface area contributed by atoms with Crippen LogP contribution >= 0.6 is 11.3 Å². The number of anilines is 1. The van der Waals surface area contributed by atoms with E-state index in [1.54, 1.807) is 6.92 Å². The Morgan fingerprint density at radius 2 is 1.86 bits per heavy atom. The highest BCUT2D eigenvalue weighted by atomic mass is 32.1. The van der Waals surface area contributed by atoms with E-state index in [9.17, 15) is 22.8 Å². The first kappa shape index (κ1) is 16.2. The van der Waals surface area contributed by atoms with Gasteiger partial charge in [-0.25, -0.2) is 4.98 Å². The van der Waals surface area contributed by atoms with Crippen molar-refractivity contribution in [3.05, 3.63) is 46.0 Å². The van der Waals surface area contributed by atoms with Crippen LogP contribution in [0.15, 0.2) is 24.3 Å². The zero-order chi connectivity index (χ0) is 16.5. The van der Waals surface area contributed by atoms with Gasteiger partial charge in [-0.1, -0.05) is 23.5 Å². The van der Waals surface area contributed by atoms with Gasteiger partial charge in [-0.3, -0.25) is 14.9 Å². The smallest absolute Gasteiger partial charge is 0.298 e. The topological polar surface area (TPSA) is 59.1 Å². The number of hydrogen-bond acceptors (Lipinski definition) is 4. The van der Waals surface area contributed by atoms with Crippen molar-refractivity contribution < 1.29 is 22.8 Å². The average molecular weight is 328 g/mol. The molecule has 116 valence electrons. The lowest BCUT2D eigenvalue weighted by Crippen LogP contribution is -2.18. The molecule has 2 rings (SSSR count). The number of ketones is 1. The third kappa shape index (κ3) is 3.33. The molecule has 0 saturated carbocycles. The number of thiazole rings is 1. The van der Waals surface area contributed by atoms with Crippen LogP contribution in [0.3, 0.4) is 0 Å². The van der Waals surface area contributed by atoms with Gasteiger partial charge in [0.1, 0.15) is 0 Å². The molecular weight excluding hydrogens is 317 g/mol. The van der Waals surface area contributed by atoms with Crippen molar-refractivity contribution >= 4 is 28.2 Å². The number of hydrogen-bond donors (Lipinski definition) is 1. The number of halogens is 3. The first-order valence-corrected chi connectivity index (χ1v) is 6.97. The molecule has 1 aromatic carbocycles. The number of Topliss-reactive ketones (excluding diaryl/α,β-unsaturated/α-hetero) is 1. The van der Waals surface area contributed by atoms with Gasteiger partial charge in [0.2, 0.25) is 0 Å². The molecule has 0 aliphatic heterocycles. The Labute approximate surface area is 128 Å². The molecule has 1 N–H and O–H groups in total. The highest BCUT2D eigenvalue weighted by Gasteiger charge is 2.35. The van der Waals surface area contributed by atoms with Gasteiger partial charge in [0, 0.05) is 6.92 Å². The summed E-state index contributed by atoms with van der Waals surface area (Å²) < 4.78 is 38.7. The van der Waals surface area contributed by atoms with Crippen molar-refractivity contribution in [2.75, 3.05) is 5.32 Å². The van der Waals surface area contributed by atoms with Gasteiger partial charge < -0.3 is 0 Å². The first-order valence-electron chi connectivity index (χ1n) is 6.16. The number of carbonyl (C=O) groups is 2. The van der Waals surface area contributed by atoms with Crippen LogP contribution in [-0.2, 0) is 6.18 Å². The summed E-state index contributed by atoms with van der Waals surface area (Å²) in [5.41, 5.74) is -1.09. The quantitative estimate of drug-likeness (QED) is 0.869. The number of amides is 1. The van der Waals surface area contributed by atoms with Gasteiger partial charge in [0.15, 0.2) is 10.9 Å². The third-order valence-electron chi connectivity index (χ3n) is 2.81. The maximum absolute atomic E-state index is 12.9. The summed E-state index contributed by atoms with van der Waals surface area (Å²) in [4.78, 5) is 27.7. The van der Waals surface area contributed by atoms with Crippen LogP contribution in [0.25, 0.3) is 0 Å². The summed E-state index contributed by atoms with van der Waals surface area (Å²) in [7, 11) is 0. The third-order valence-corrected chi connectivity index (χ3v) is 3.99. The standard InChI is InChI=1S/C14H11F3N2O2S/c1-7-11(8(2)20)22-13(18-7)19-12(21)9-5-3-4-6-10(9)14(15,16)17/h3-6H,1-2H3,(H,18,19,21). The molecule has 0 atom stereocenters. The summed E-state index contributed by atoms with van der Waals surface area (Å²) in [6, 6.07) is 4.48. The van der Waals surface area contributed by atoms with E-state index < -0.39 is 23.2 Å². The lowest BCUT2D eigenvalue weighted by Gasteiger charge is -2.11. The van der Waals surface area contributed by atoms with Crippen molar-refractivity contribution in [2.24, 2.45) is 0 Å². The van der Waals surface area contributed by atoms with E-state index in [-0.39, 0.29) is 10.9 Å². The lowest BCUT2D eigenvalue weighted by atomic mass is 10.1. The van der Waals surface area contributed by atoms with E-state index in [4.69, 9.17) is 0 Å². The van der Waals surface area contributed by atoms with Crippen molar-refractivity contribution in [3.8, 4) is 0 Å².